The van der Waals surface area contributed by atoms with Crippen molar-refractivity contribution in [1.82, 2.24) is 0 Å². The second-order valence-electron chi connectivity index (χ2n) is 15.9. The van der Waals surface area contributed by atoms with Gasteiger partial charge in [-0.1, -0.05) is 70.4 Å². The maximum atomic E-state index is 11.9. The number of epoxide rings is 1. The molecule has 1 aromatic carbocycles. The Kier molecular flexibility index (Phi) is 5.25. The minimum absolute atomic E-state index is 0.0564. The molecule has 0 aromatic heterocycles. The fraction of sp³-hybridized carbons (Fsp3) is 0.727. The van der Waals surface area contributed by atoms with E-state index in [4.69, 9.17) is 18.9 Å². The number of hydrogen-bond acceptors (Lipinski definition) is 6. The molecule has 1 spiro atoms. The Labute approximate surface area is 240 Å². The molecule has 2 aliphatic heterocycles. The van der Waals surface area contributed by atoms with E-state index in [1.807, 2.05) is 32.0 Å². The summed E-state index contributed by atoms with van der Waals surface area (Å²) in [7, 11) is -2.08. The SMILES string of the molecule is C=C1[C@H](O)[C@@H]2CC3(C#N)[C@@H]([C@@H]4C(C[C@H]3OCc3ccccc3)C4(C)C)[C@]3(C)OC(C)(C)O[C@@H]3[C@]23O[C@]13[Si](C)(C)C. The number of hydrogen-bond donors (Lipinski definition) is 1. The zero-order valence-electron chi connectivity index (χ0n) is 25.3. The molecule has 0 amide bonds. The van der Waals surface area contributed by atoms with E-state index >= 15 is 0 Å². The fourth-order valence-corrected chi connectivity index (χ4v) is 13.8. The molecule has 6 fully saturated rings. The van der Waals surface area contributed by atoms with Gasteiger partial charge in [0.25, 0.3) is 0 Å². The first kappa shape index (κ1) is 27.3. The molecule has 6 nitrogen and oxygen atoms in total. The first-order valence-electron chi connectivity index (χ1n) is 15.1. The molecule has 2 unspecified atom stereocenters. The molecule has 1 aromatic rings. The maximum Gasteiger partial charge on any atom is 0.164 e. The Bertz CT molecular complexity index is 1320. The number of aliphatic hydroxyl groups excluding tert-OH is 1. The molecule has 0 radical (unpaired) electrons. The molecule has 40 heavy (non-hydrogen) atoms. The Morgan fingerprint density at radius 3 is 2.38 bits per heavy atom. The highest BCUT2D eigenvalue weighted by molar-refractivity contribution is 6.81. The van der Waals surface area contributed by atoms with Crippen molar-refractivity contribution in [2.24, 2.45) is 34.5 Å². The summed E-state index contributed by atoms with van der Waals surface area (Å²) < 4.78 is 27.8. The zero-order valence-corrected chi connectivity index (χ0v) is 26.3. The Morgan fingerprint density at radius 2 is 1.75 bits per heavy atom. The molecule has 216 valence electrons. The molecule has 2 saturated heterocycles. The van der Waals surface area contributed by atoms with Crippen molar-refractivity contribution in [2.75, 3.05) is 0 Å². The molecule has 7 rings (SSSR count). The summed E-state index contributed by atoms with van der Waals surface area (Å²) in [6, 6.07) is 13.1. The van der Waals surface area contributed by atoms with Gasteiger partial charge in [-0.15, -0.1) is 0 Å². The molecule has 4 saturated carbocycles. The van der Waals surface area contributed by atoms with Gasteiger partial charge in [0.1, 0.15) is 22.5 Å². The van der Waals surface area contributed by atoms with Crippen LogP contribution in [0.25, 0.3) is 0 Å². The predicted molar refractivity (Wildman–Crippen MR) is 154 cm³/mol. The van der Waals surface area contributed by atoms with Gasteiger partial charge in [0.05, 0.1) is 38.4 Å². The zero-order chi connectivity index (χ0) is 28.9. The lowest BCUT2D eigenvalue weighted by atomic mass is 9.57. The van der Waals surface area contributed by atoms with Crippen LogP contribution in [0.5, 0.6) is 0 Å². The second kappa shape index (κ2) is 7.70. The first-order chi connectivity index (χ1) is 18.5. The Hall–Kier alpha value is -1.53. The third kappa shape index (κ3) is 2.96. The van der Waals surface area contributed by atoms with Gasteiger partial charge in [-0.05, 0) is 62.0 Å². The lowest BCUT2D eigenvalue weighted by molar-refractivity contribution is -0.201. The molecule has 7 heteroatoms. The number of fused-ring (bicyclic) bond motifs is 5. The molecule has 1 N–H and O–H groups in total. The highest BCUT2D eigenvalue weighted by Gasteiger charge is 2.93. The topological polar surface area (TPSA) is 84.2 Å². The molecule has 4 aliphatic carbocycles. The van der Waals surface area contributed by atoms with Crippen LogP contribution in [0.2, 0.25) is 19.6 Å². The molecule has 6 aliphatic rings. The Morgan fingerprint density at radius 1 is 1.07 bits per heavy atom. The summed E-state index contributed by atoms with van der Waals surface area (Å²) >= 11 is 0. The van der Waals surface area contributed by atoms with E-state index in [1.54, 1.807) is 0 Å². The van der Waals surface area contributed by atoms with Crippen molar-refractivity contribution in [1.29, 1.82) is 5.26 Å². The minimum atomic E-state index is -2.08. The van der Waals surface area contributed by atoms with Crippen LogP contribution >= 0.6 is 0 Å². The van der Waals surface area contributed by atoms with Crippen LogP contribution in [0.4, 0.5) is 0 Å². The lowest BCUT2D eigenvalue weighted by Gasteiger charge is -2.50. The standard InChI is InChI=1S/C33H45NO5Si/c1-19-25(35)22-16-31(18-34)23(36-17-20-13-11-10-12-14-20)15-21-24(28(21,2)3)26(31)30(6)27(37-29(4,5)38-30)32(22)33(19,39-32)40(7,8)9/h10-14,21-27,35H,1,15-17H2,2-9H3/t21?,22-,23+,24-,25-,26-,27-,30-,31?,32+,33-/m0/s1. The number of nitriles is 1. The number of benzene rings is 1. The lowest BCUT2D eigenvalue weighted by Crippen LogP contribution is -2.60. The number of ether oxygens (including phenoxy) is 4. The second-order valence-corrected chi connectivity index (χ2v) is 21.1. The average Bonchev–Trinajstić information content (AvgIpc) is 3.67. The van der Waals surface area contributed by atoms with Crippen LogP contribution < -0.4 is 0 Å². The molecular weight excluding hydrogens is 518 g/mol. The third-order valence-electron chi connectivity index (χ3n) is 12.2. The Balaban J connectivity index is 1.43. The molecule has 0 bridgehead atoms. The predicted octanol–water partition coefficient (Wildman–Crippen LogP) is 5.62. The number of rotatable bonds is 4. The normalized spacial score (nSPS) is 50.9. The van der Waals surface area contributed by atoms with Gasteiger partial charge in [0.15, 0.2) is 5.79 Å². The van der Waals surface area contributed by atoms with Crippen molar-refractivity contribution >= 4 is 8.07 Å². The molecule has 11 atom stereocenters. The largest absolute Gasteiger partial charge is 0.388 e. The minimum Gasteiger partial charge on any atom is -0.388 e. The van der Waals surface area contributed by atoms with Crippen molar-refractivity contribution in [3.05, 3.63) is 48.0 Å². The van der Waals surface area contributed by atoms with Gasteiger partial charge >= 0.3 is 0 Å². The van der Waals surface area contributed by atoms with Crippen LogP contribution in [0.15, 0.2) is 42.5 Å². The highest BCUT2D eigenvalue weighted by Crippen LogP contribution is 2.81. The van der Waals surface area contributed by atoms with E-state index in [-0.39, 0.29) is 23.4 Å². The van der Waals surface area contributed by atoms with Crippen molar-refractivity contribution < 1.29 is 24.1 Å². The van der Waals surface area contributed by atoms with Crippen LogP contribution in [-0.2, 0) is 25.6 Å². The van der Waals surface area contributed by atoms with Gasteiger partial charge < -0.3 is 24.1 Å². The van der Waals surface area contributed by atoms with Crippen LogP contribution in [-0.4, -0.2) is 53.7 Å². The van der Waals surface area contributed by atoms with E-state index in [0.29, 0.717) is 24.9 Å². The van der Waals surface area contributed by atoms with E-state index in [0.717, 1.165) is 17.6 Å². The van der Waals surface area contributed by atoms with E-state index in [2.05, 4.69) is 65.2 Å². The van der Waals surface area contributed by atoms with Crippen LogP contribution in [0.1, 0.15) is 53.0 Å². The fourth-order valence-electron chi connectivity index (χ4n) is 10.8. The quantitative estimate of drug-likeness (QED) is 0.291. The number of aliphatic hydroxyl groups is 1. The summed E-state index contributed by atoms with van der Waals surface area (Å²) in [5.74, 6) is -0.573. The monoisotopic (exact) mass is 563 g/mol. The van der Waals surface area contributed by atoms with Gasteiger partial charge in [-0.2, -0.15) is 5.26 Å². The summed E-state index contributed by atoms with van der Waals surface area (Å²) in [5.41, 5.74) is -0.529. The van der Waals surface area contributed by atoms with E-state index < -0.39 is 47.9 Å². The summed E-state index contributed by atoms with van der Waals surface area (Å²) in [5, 5.41) is 22.7. The van der Waals surface area contributed by atoms with Crippen molar-refractivity contribution in [3.63, 3.8) is 0 Å². The summed E-state index contributed by atoms with van der Waals surface area (Å²) in [4.78, 5) is 0. The third-order valence-corrected chi connectivity index (χ3v) is 15.1. The van der Waals surface area contributed by atoms with Crippen molar-refractivity contribution in [2.45, 2.75) is 114 Å². The summed E-state index contributed by atoms with van der Waals surface area (Å²) in [6.45, 7) is 22.6. The average molecular weight is 564 g/mol. The highest BCUT2D eigenvalue weighted by atomic mass is 28.3. The van der Waals surface area contributed by atoms with Gasteiger partial charge in [-0.3, -0.25) is 0 Å². The van der Waals surface area contributed by atoms with E-state index in [1.165, 1.54) is 0 Å². The molecular formula is C33H45NO5Si. The smallest absolute Gasteiger partial charge is 0.164 e. The van der Waals surface area contributed by atoms with Crippen molar-refractivity contribution in [3.8, 4) is 6.07 Å². The summed E-state index contributed by atoms with van der Waals surface area (Å²) in [6.07, 6.45) is -0.173. The van der Waals surface area contributed by atoms with E-state index in [9.17, 15) is 10.4 Å². The van der Waals surface area contributed by atoms with Crippen LogP contribution in [0.3, 0.4) is 0 Å². The number of nitrogens with zero attached hydrogens (tertiary/aromatic N) is 1. The maximum absolute atomic E-state index is 11.9. The molecule has 2 heterocycles. The van der Waals surface area contributed by atoms with Gasteiger partial charge in [0.2, 0.25) is 0 Å². The van der Waals surface area contributed by atoms with Gasteiger partial charge in [-0.25, -0.2) is 0 Å². The van der Waals surface area contributed by atoms with Gasteiger partial charge in [0, 0.05) is 11.8 Å². The first-order valence-corrected chi connectivity index (χ1v) is 18.6. The van der Waals surface area contributed by atoms with Crippen LogP contribution in [0, 0.1) is 45.8 Å².